The van der Waals surface area contributed by atoms with E-state index >= 15 is 0 Å². The molecule has 2 aromatic heterocycles. The van der Waals surface area contributed by atoms with Gasteiger partial charge in [-0.25, -0.2) is 8.42 Å². The Kier molecular flexibility index (Phi) is 5.87. The lowest BCUT2D eigenvalue weighted by Crippen LogP contribution is -2.20. The third kappa shape index (κ3) is 4.01. The molecule has 4 nitrogen and oxygen atoms in total. The van der Waals surface area contributed by atoms with Gasteiger partial charge in [0.05, 0.1) is 9.90 Å². The van der Waals surface area contributed by atoms with Crippen molar-refractivity contribution < 1.29 is 8.42 Å². The maximum atomic E-state index is 12.8. The molecule has 0 spiro atoms. The van der Waals surface area contributed by atoms with Crippen molar-refractivity contribution >= 4 is 38.3 Å². The van der Waals surface area contributed by atoms with Crippen LogP contribution in [0.4, 0.5) is 5.00 Å². The van der Waals surface area contributed by atoms with Crippen LogP contribution in [0, 0.1) is 0 Å². The minimum Gasteiger partial charge on any atom is -0.364 e. The fourth-order valence-electron chi connectivity index (χ4n) is 2.97. The molecule has 0 aliphatic heterocycles. The van der Waals surface area contributed by atoms with Crippen molar-refractivity contribution in [2.75, 3.05) is 18.0 Å². The first-order chi connectivity index (χ1) is 13.0. The van der Waals surface area contributed by atoms with Crippen LogP contribution in [0.5, 0.6) is 0 Å². The summed E-state index contributed by atoms with van der Waals surface area (Å²) in [6.07, 6.45) is 3.99. The Hall–Kier alpha value is -2.31. The highest BCUT2D eigenvalue weighted by molar-refractivity contribution is 7.91. The molecule has 6 heteroatoms. The van der Waals surface area contributed by atoms with Gasteiger partial charge in [0.2, 0.25) is 9.84 Å². The van der Waals surface area contributed by atoms with Crippen molar-refractivity contribution in [1.82, 2.24) is 4.57 Å². The quantitative estimate of drug-likeness (QED) is 0.564. The summed E-state index contributed by atoms with van der Waals surface area (Å²) in [5.41, 5.74) is 0.849. The van der Waals surface area contributed by atoms with E-state index in [4.69, 9.17) is 0 Å². The van der Waals surface area contributed by atoms with Crippen molar-refractivity contribution in [2.45, 2.75) is 23.8 Å². The number of hydrogen-bond acceptors (Lipinski definition) is 4. The van der Waals surface area contributed by atoms with Crippen LogP contribution < -0.4 is 4.90 Å². The lowest BCUT2D eigenvalue weighted by Gasteiger charge is -2.17. The number of nitrogens with zero attached hydrogens (tertiary/aromatic N) is 2. The normalized spacial score (nSPS) is 12.0. The lowest BCUT2D eigenvalue weighted by molar-refractivity contribution is 0.585. The highest BCUT2D eigenvalue weighted by atomic mass is 32.2. The molecule has 0 fully saturated rings. The molecule has 0 radical (unpaired) electrons. The van der Waals surface area contributed by atoms with E-state index in [9.17, 15) is 8.42 Å². The molecule has 3 rings (SSSR count). The van der Waals surface area contributed by atoms with E-state index in [0.717, 1.165) is 23.7 Å². The second-order valence-electron chi connectivity index (χ2n) is 6.15. The molecule has 142 valence electrons. The van der Waals surface area contributed by atoms with Crippen LogP contribution in [0.25, 0.3) is 12.2 Å². The Morgan fingerprint density at radius 1 is 0.963 bits per heavy atom. The Labute approximate surface area is 165 Å². The largest absolute Gasteiger partial charge is 0.364 e. The SMILES string of the molecule is CCN(CC)c1ccc(/C=C/c2ccc(S(=O)(=O)c3ccccc3)n2C)s1. The van der Waals surface area contributed by atoms with Gasteiger partial charge in [0.25, 0.3) is 0 Å². The van der Waals surface area contributed by atoms with Gasteiger partial charge in [-0.3, -0.25) is 0 Å². The molecule has 0 amide bonds. The van der Waals surface area contributed by atoms with Crippen LogP contribution >= 0.6 is 11.3 Å². The van der Waals surface area contributed by atoms with Crippen LogP contribution in [0.15, 0.2) is 64.5 Å². The highest BCUT2D eigenvalue weighted by Crippen LogP contribution is 2.28. The van der Waals surface area contributed by atoms with Crippen LogP contribution in [0.3, 0.4) is 0 Å². The molecule has 0 N–H and O–H groups in total. The number of aromatic nitrogens is 1. The summed E-state index contributed by atoms with van der Waals surface area (Å²) < 4.78 is 27.4. The minimum atomic E-state index is -3.52. The van der Waals surface area contributed by atoms with Gasteiger partial charge in [-0.1, -0.05) is 18.2 Å². The number of benzene rings is 1. The fraction of sp³-hybridized carbons (Fsp3) is 0.238. The molecule has 0 atom stereocenters. The lowest BCUT2D eigenvalue weighted by atomic mass is 10.3. The zero-order valence-corrected chi connectivity index (χ0v) is 17.4. The van der Waals surface area contributed by atoms with E-state index in [-0.39, 0.29) is 0 Å². The van der Waals surface area contributed by atoms with Crippen molar-refractivity contribution in [3.05, 3.63) is 65.2 Å². The van der Waals surface area contributed by atoms with Crippen LogP contribution in [0.2, 0.25) is 0 Å². The average Bonchev–Trinajstić information content (AvgIpc) is 3.29. The fourth-order valence-corrected chi connectivity index (χ4v) is 5.48. The molecule has 27 heavy (non-hydrogen) atoms. The molecular weight excluding hydrogens is 376 g/mol. The zero-order chi connectivity index (χ0) is 19.4. The minimum absolute atomic E-state index is 0.295. The van der Waals surface area contributed by atoms with E-state index in [1.807, 2.05) is 24.3 Å². The first kappa shape index (κ1) is 19.5. The second-order valence-corrected chi connectivity index (χ2v) is 9.14. The second kappa shape index (κ2) is 8.15. The molecule has 0 unspecified atom stereocenters. The molecule has 3 aromatic rings. The highest BCUT2D eigenvalue weighted by Gasteiger charge is 2.21. The zero-order valence-electron chi connectivity index (χ0n) is 15.8. The van der Waals surface area contributed by atoms with Gasteiger partial charge in [-0.15, -0.1) is 11.3 Å². The first-order valence-electron chi connectivity index (χ1n) is 8.96. The Balaban J connectivity index is 1.85. The summed E-state index contributed by atoms with van der Waals surface area (Å²) in [5, 5.41) is 1.54. The summed E-state index contributed by atoms with van der Waals surface area (Å²) in [5.74, 6) is 0. The predicted octanol–water partition coefficient (Wildman–Crippen LogP) is 4.94. The monoisotopic (exact) mass is 400 g/mol. The summed E-state index contributed by atoms with van der Waals surface area (Å²) in [6, 6.07) is 16.3. The molecule has 0 saturated heterocycles. The summed E-state index contributed by atoms with van der Waals surface area (Å²) in [6.45, 7) is 6.27. The van der Waals surface area contributed by atoms with Gasteiger partial charge >= 0.3 is 0 Å². The summed E-state index contributed by atoms with van der Waals surface area (Å²) in [4.78, 5) is 3.77. The smallest absolute Gasteiger partial charge is 0.222 e. The van der Waals surface area contributed by atoms with Gasteiger partial charge < -0.3 is 9.47 Å². The maximum absolute atomic E-state index is 12.8. The number of thiophene rings is 1. The van der Waals surface area contributed by atoms with Crippen LogP contribution in [-0.2, 0) is 16.9 Å². The van der Waals surface area contributed by atoms with E-state index < -0.39 is 9.84 Å². The molecule has 0 saturated carbocycles. The van der Waals surface area contributed by atoms with Gasteiger partial charge in [-0.2, -0.15) is 0 Å². The van der Waals surface area contributed by atoms with E-state index in [0.29, 0.717) is 9.92 Å². The molecule has 1 aromatic carbocycles. The van der Waals surface area contributed by atoms with Crippen molar-refractivity contribution in [3.63, 3.8) is 0 Å². The van der Waals surface area contributed by atoms with Crippen molar-refractivity contribution in [2.24, 2.45) is 7.05 Å². The third-order valence-corrected chi connectivity index (χ3v) is 7.51. The van der Waals surface area contributed by atoms with Crippen molar-refractivity contribution in [1.29, 1.82) is 0 Å². The molecule has 0 aliphatic carbocycles. The van der Waals surface area contributed by atoms with Crippen molar-refractivity contribution in [3.8, 4) is 0 Å². The standard InChI is InChI=1S/C21H24N2O2S2/c1-4-23(5-2)20-15-14-18(26-20)13-11-17-12-16-21(22(17)3)27(24,25)19-9-7-6-8-10-19/h6-16H,4-5H2,1-3H3/b13-11+. The Morgan fingerprint density at radius 2 is 1.67 bits per heavy atom. The Bertz CT molecular complexity index is 1030. The number of anilines is 1. The summed E-state index contributed by atoms with van der Waals surface area (Å²) >= 11 is 1.74. The van der Waals surface area contributed by atoms with Crippen LogP contribution in [0.1, 0.15) is 24.4 Å². The molecule has 0 bridgehead atoms. The first-order valence-corrected chi connectivity index (χ1v) is 11.3. The van der Waals surface area contributed by atoms with E-state index in [2.05, 4.69) is 30.9 Å². The van der Waals surface area contributed by atoms with Gasteiger partial charge in [-0.05, 0) is 62.4 Å². The number of hydrogen-bond donors (Lipinski definition) is 0. The van der Waals surface area contributed by atoms with E-state index in [1.54, 1.807) is 53.3 Å². The van der Waals surface area contributed by atoms with Gasteiger partial charge in [0.15, 0.2) is 0 Å². The topological polar surface area (TPSA) is 42.3 Å². The number of rotatable bonds is 7. The molecule has 0 aliphatic rings. The van der Waals surface area contributed by atoms with Gasteiger partial charge in [0, 0.05) is 30.7 Å². The van der Waals surface area contributed by atoms with E-state index in [1.165, 1.54) is 5.00 Å². The predicted molar refractivity (Wildman–Crippen MR) is 114 cm³/mol. The summed E-state index contributed by atoms with van der Waals surface area (Å²) in [7, 11) is -1.74. The molecular formula is C21H24N2O2S2. The molecule has 2 heterocycles. The maximum Gasteiger partial charge on any atom is 0.222 e. The van der Waals surface area contributed by atoms with Crippen LogP contribution in [-0.4, -0.2) is 26.1 Å². The number of sulfone groups is 1. The Morgan fingerprint density at radius 3 is 2.33 bits per heavy atom. The third-order valence-electron chi connectivity index (χ3n) is 4.55. The average molecular weight is 401 g/mol. The van der Waals surface area contributed by atoms with Gasteiger partial charge in [0.1, 0.15) is 5.03 Å².